The van der Waals surface area contributed by atoms with Gasteiger partial charge in [-0.2, -0.15) is 0 Å². The lowest BCUT2D eigenvalue weighted by Crippen LogP contribution is -2.39. The molecule has 2 N–H and O–H groups in total. The summed E-state index contributed by atoms with van der Waals surface area (Å²) in [7, 11) is -2.88. The first-order valence-electron chi connectivity index (χ1n) is 5.02. The van der Waals surface area contributed by atoms with E-state index in [0.29, 0.717) is 13.1 Å². The van der Waals surface area contributed by atoms with Gasteiger partial charge in [0.05, 0.1) is 11.4 Å². The topological polar surface area (TPSA) is 66.4 Å². The Balaban J connectivity index is 2.15. The average Bonchev–Trinajstić information content (AvgIpc) is 2.45. The van der Waals surface area contributed by atoms with Gasteiger partial charge in [0.15, 0.2) is 0 Å². The van der Waals surface area contributed by atoms with Crippen LogP contribution in [0.2, 0.25) is 0 Å². The lowest BCUT2D eigenvalue weighted by Gasteiger charge is -2.22. The van der Waals surface area contributed by atoms with Crippen LogP contribution in [0.5, 0.6) is 0 Å². The van der Waals surface area contributed by atoms with Crippen LogP contribution in [-0.2, 0) is 9.84 Å². The molecule has 0 amide bonds. The molecule has 0 saturated heterocycles. The Labute approximate surface area is 85.6 Å². The maximum atomic E-state index is 10.8. The molecular weight excluding hydrogens is 202 g/mol. The highest BCUT2D eigenvalue weighted by molar-refractivity contribution is 7.90. The van der Waals surface area contributed by atoms with E-state index in [9.17, 15) is 13.5 Å². The van der Waals surface area contributed by atoms with Gasteiger partial charge in [-0.25, -0.2) is 8.42 Å². The highest BCUT2D eigenvalue weighted by atomic mass is 32.2. The molecule has 1 saturated carbocycles. The zero-order chi connectivity index (χ0) is 10.7. The molecule has 1 fully saturated rings. The second-order valence-corrected chi connectivity index (χ2v) is 6.50. The highest BCUT2D eigenvalue weighted by Gasteiger charge is 2.30. The summed E-state index contributed by atoms with van der Waals surface area (Å²) in [6.07, 6.45) is 5.03. The van der Waals surface area contributed by atoms with Crippen molar-refractivity contribution in [3.63, 3.8) is 0 Å². The number of rotatable bonds is 5. The van der Waals surface area contributed by atoms with Gasteiger partial charge in [0.2, 0.25) is 0 Å². The van der Waals surface area contributed by atoms with Crippen molar-refractivity contribution >= 4 is 9.84 Å². The number of hydrogen-bond acceptors (Lipinski definition) is 4. The molecule has 0 aliphatic heterocycles. The Kier molecular flexibility index (Phi) is 3.92. The second kappa shape index (κ2) is 4.59. The molecule has 84 valence electrons. The van der Waals surface area contributed by atoms with E-state index in [1.807, 2.05) is 0 Å². The molecule has 4 nitrogen and oxygen atoms in total. The lowest BCUT2D eigenvalue weighted by atomic mass is 10.0. The normalized spacial score (nSPS) is 21.3. The Bertz CT molecular complexity index is 268. The molecule has 0 heterocycles. The van der Waals surface area contributed by atoms with Crippen molar-refractivity contribution in [2.75, 3.05) is 25.1 Å². The van der Waals surface area contributed by atoms with E-state index in [4.69, 9.17) is 0 Å². The first-order valence-corrected chi connectivity index (χ1v) is 7.08. The standard InChI is InChI=1S/C9H19NO3S/c1-14(12,13)7-6-10-8-9(11)4-2-3-5-9/h10-11H,2-8H2,1H3. The summed E-state index contributed by atoms with van der Waals surface area (Å²) in [4.78, 5) is 0. The average molecular weight is 221 g/mol. The first-order chi connectivity index (χ1) is 6.41. The van der Waals surface area contributed by atoms with E-state index in [1.54, 1.807) is 0 Å². The van der Waals surface area contributed by atoms with E-state index in [0.717, 1.165) is 25.7 Å². The van der Waals surface area contributed by atoms with Gasteiger partial charge in [-0.3, -0.25) is 0 Å². The third-order valence-electron chi connectivity index (χ3n) is 2.64. The fourth-order valence-corrected chi connectivity index (χ4v) is 2.30. The van der Waals surface area contributed by atoms with Crippen molar-refractivity contribution in [1.82, 2.24) is 5.32 Å². The van der Waals surface area contributed by atoms with Gasteiger partial charge in [0, 0.05) is 19.3 Å². The minimum absolute atomic E-state index is 0.142. The number of sulfone groups is 1. The van der Waals surface area contributed by atoms with E-state index in [2.05, 4.69) is 5.32 Å². The van der Waals surface area contributed by atoms with Crippen molar-refractivity contribution in [1.29, 1.82) is 0 Å². The fourth-order valence-electron chi connectivity index (χ4n) is 1.79. The van der Waals surface area contributed by atoms with Crippen LogP contribution in [0.25, 0.3) is 0 Å². The Morgan fingerprint density at radius 3 is 2.43 bits per heavy atom. The SMILES string of the molecule is CS(=O)(=O)CCNCC1(O)CCCC1. The van der Waals surface area contributed by atoms with E-state index in [1.165, 1.54) is 6.26 Å². The zero-order valence-electron chi connectivity index (χ0n) is 8.62. The quantitative estimate of drug-likeness (QED) is 0.638. The van der Waals surface area contributed by atoms with E-state index >= 15 is 0 Å². The zero-order valence-corrected chi connectivity index (χ0v) is 9.44. The van der Waals surface area contributed by atoms with Crippen molar-refractivity contribution in [3.8, 4) is 0 Å². The summed E-state index contributed by atoms with van der Waals surface area (Å²) in [5.74, 6) is 0.142. The van der Waals surface area contributed by atoms with Crippen LogP contribution in [0.3, 0.4) is 0 Å². The number of aliphatic hydroxyl groups is 1. The van der Waals surface area contributed by atoms with Crippen LogP contribution >= 0.6 is 0 Å². The summed E-state index contributed by atoms with van der Waals surface area (Å²) in [6, 6.07) is 0. The molecular formula is C9H19NO3S. The number of hydrogen-bond donors (Lipinski definition) is 2. The Hall–Kier alpha value is -0.130. The van der Waals surface area contributed by atoms with Crippen molar-refractivity contribution in [2.24, 2.45) is 0 Å². The molecule has 0 radical (unpaired) electrons. The minimum atomic E-state index is -2.88. The molecule has 1 rings (SSSR count). The van der Waals surface area contributed by atoms with Gasteiger partial charge in [-0.15, -0.1) is 0 Å². The van der Waals surface area contributed by atoms with Crippen LogP contribution in [0.15, 0.2) is 0 Å². The van der Waals surface area contributed by atoms with Gasteiger partial charge in [-0.1, -0.05) is 12.8 Å². The third kappa shape index (κ3) is 4.39. The largest absolute Gasteiger partial charge is 0.389 e. The molecule has 0 unspecified atom stereocenters. The predicted molar refractivity (Wildman–Crippen MR) is 56.0 cm³/mol. The molecule has 0 bridgehead atoms. The Morgan fingerprint density at radius 2 is 1.93 bits per heavy atom. The second-order valence-electron chi connectivity index (χ2n) is 4.24. The molecule has 0 spiro atoms. The van der Waals surface area contributed by atoms with Gasteiger partial charge >= 0.3 is 0 Å². The van der Waals surface area contributed by atoms with Gasteiger partial charge < -0.3 is 10.4 Å². The molecule has 0 aromatic carbocycles. The van der Waals surface area contributed by atoms with Crippen LogP contribution < -0.4 is 5.32 Å². The smallest absolute Gasteiger partial charge is 0.148 e. The molecule has 1 aliphatic carbocycles. The summed E-state index contributed by atoms with van der Waals surface area (Å²) < 4.78 is 21.6. The summed E-state index contributed by atoms with van der Waals surface area (Å²) in [6.45, 7) is 0.948. The molecule has 5 heteroatoms. The van der Waals surface area contributed by atoms with Gasteiger partial charge in [-0.05, 0) is 12.8 Å². The van der Waals surface area contributed by atoms with Crippen molar-refractivity contribution in [2.45, 2.75) is 31.3 Å². The van der Waals surface area contributed by atoms with E-state index in [-0.39, 0.29) is 5.75 Å². The van der Waals surface area contributed by atoms with Gasteiger partial charge in [0.1, 0.15) is 9.84 Å². The van der Waals surface area contributed by atoms with Crippen LogP contribution in [0.4, 0.5) is 0 Å². The summed E-state index contributed by atoms with van der Waals surface area (Å²) in [5, 5.41) is 12.9. The van der Waals surface area contributed by atoms with Crippen LogP contribution in [-0.4, -0.2) is 44.2 Å². The minimum Gasteiger partial charge on any atom is -0.389 e. The Morgan fingerprint density at radius 1 is 1.36 bits per heavy atom. The molecule has 14 heavy (non-hydrogen) atoms. The van der Waals surface area contributed by atoms with Crippen molar-refractivity contribution in [3.05, 3.63) is 0 Å². The summed E-state index contributed by atoms with van der Waals surface area (Å²) >= 11 is 0. The maximum Gasteiger partial charge on any atom is 0.148 e. The molecule has 0 aromatic rings. The molecule has 1 aliphatic rings. The fraction of sp³-hybridized carbons (Fsp3) is 1.00. The van der Waals surface area contributed by atoms with Crippen LogP contribution in [0, 0.1) is 0 Å². The van der Waals surface area contributed by atoms with E-state index < -0.39 is 15.4 Å². The predicted octanol–water partition coefficient (Wildman–Crippen LogP) is -0.0743. The maximum absolute atomic E-state index is 10.8. The monoisotopic (exact) mass is 221 g/mol. The molecule has 0 atom stereocenters. The lowest BCUT2D eigenvalue weighted by molar-refractivity contribution is 0.0484. The molecule has 0 aromatic heterocycles. The van der Waals surface area contributed by atoms with Crippen LogP contribution in [0.1, 0.15) is 25.7 Å². The third-order valence-corrected chi connectivity index (χ3v) is 3.58. The highest BCUT2D eigenvalue weighted by Crippen LogP contribution is 2.28. The summed E-state index contributed by atoms with van der Waals surface area (Å²) in [5.41, 5.74) is -0.586. The first kappa shape index (κ1) is 11.9. The van der Waals surface area contributed by atoms with Gasteiger partial charge in [0.25, 0.3) is 0 Å². The van der Waals surface area contributed by atoms with Crippen molar-refractivity contribution < 1.29 is 13.5 Å². The number of nitrogens with one attached hydrogen (secondary N) is 1.